The molecule has 0 fully saturated rings. The summed E-state index contributed by atoms with van der Waals surface area (Å²) < 4.78 is 65.7. The van der Waals surface area contributed by atoms with E-state index in [-0.39, 0.29) is 11.9 Å². The van der Waals surface area contributed by atoms with Gasteiger partial charge in [0.2, 0.25) is 0 Å². The van der Waals surface area contributed by atoms with Crippen LogP contribution in [0.15, 0.2) is 60.9 Å². The number of alkyl halides is 3. The molecule has 0 N–H and O–H groups in total. The molecule has 3 aromatic rings. The summed E-state index contributed by atoms with van der Waals surface area (Å²) in [5, 5.41) is 2.51. The van der Waals surface area contributed by atoms with E-state index < -0.39 is 27.0 Å². The van der Waals surface area contributed by atoms with Gasteiger partial charge in [0, 0.05) is 24.5 Å². The van der Waals surface area contributed by atoms with E-state index >= 15 is 0 Å². The molecule has 1 heterocycles. The van der Waals surface area contributed by atoms with Crippen molar-refractivity contribution in [3.63, 3.8) is 0 Å². The van der Waals surface area contributed by atoms with Crippen LogP contribution in [0.2, 0.25) is 0 Å². The summed E-state index contributed by atoms with van der Waals surface area (Å²) in [6.45, 7) is 5.79. The zero-order valence-corrected chi connectivity index (χ0v) is 22.5. The molecule has 2 aromatic carbocycles. The van der Waals surface area contributed by atoms with Gasteiger partial charge in [-0.25, -0.2) is 0 Å². The van der Waals surface area contributed by atoms with Crippen LogP contribution in [-0.4, -0.2) is 30.5 Å². The number of esters is 1. The second kappa shape index (κ2) is 10.8. The Labute approximate surface area is 224 Å². The minimum Gasteiger partial charge on any atom is -0.459 e. The molecule has 0 radical (unpaired) electrons. The zero-order chi connectivity index (χ0) is 28.4. The maximum Gasteiger partial charge on any atom is 0.534 e. The first-order chi connectivity index (χ1) is 18.3. The molecular formula is C29H28F3NO5S. The van der Waals surface area contributed by atoms with Gasteiger partial charge in [-0.2, -0.15) is 21.6 Å². The van der Waals surface area contributed by atoms with Gasteiger partial charge in [-0.15, -0.1) is 0 Å². The highest BCUT2D eigenvalue weighted by Crippen LogP contribution is 2.29. The first kappa shape index (κ1) is 28.4. The molecule has 0 spiro atoms. The first-order valence-electron chi connectivity index (χ1n) is 12.3. The van der Waals surface area contributed by atoms with Gasteiger partial charge in [0.25, 0.3) is 0 Å². The number of ether oxygens (including phenoxy) is 1. The maximum absolute atomic E-state index is 12.7. The largest absolute Gasteiger partial charge is 0.534 e. The van der Waals surface area contributed by atoms with Crippen molar-refractivity contribution >= 4 is 28.2 Å². The summed E-state index contributed by atoms with van der Waals surface area (Å²) in [4.78, 5) is 16.2. The van der Waals surface area contributed by atoms with E-state index in [2.05, 4.69) is 57.7 Å². The highest BCUT2D eigenvalue weighted by Gasteiger charge is 2.48. The standard InChI is InChI=1S/C23H24O2.C6H4F3NO3S/c1-23(2,3)25-22(24)21-10-6-9-17-19-12-11-15-7-4-5-8-16(15)18(19)13-14-20(17)21;7-6(8,9)14(11,12)13-5-1-3-10-4-2-5/h4-5,7-9,12-14,21H,6,10-11H2,1-3H3;1-4H. The number of fused-ring (bicyclic) bond motifs is 5. The molecule has 0 saturated carbocycles. The summed E-state index contributed by atoms with van der Waals surface area (Å²) in [5.74, 6) is -0.689. The quantitative estimate of drug-likeness (QED) is 0.255. The average molecular weight is 560 g/mol. The van der Waals surface area contributed by atoms with Crippen molar-refractivity contribution < 1.29 is 35.3 Å². The highest BCUT2D eigenvalue weighted by molar-refractivity contribution is 7.88. The molecule has 0 aliphatic heterocycles. The molecule has 0 amide bonds. The van der Waals surface area contributed by atoms with Crippen molar-refractivity contribution in [3.05, 3.63) is 82.5 Å². The Morgan fingerprint density at radius 2 is 1.62 bits per heavy atom. The third-order valence-corrected chi connectivity index (χ3v) is 7.14. The van der Waals surface area contributed by atoms with Crippen LogP contribution in [0.3, 0.4) is 0 Å². The molecule has 0 bridgehead atoms. The minimum atomic E-state index is -5.58. The Morgan fingerprint density at radius 1 is 0.923 bits per heavy atom. The molecule has 0 saturated heterocycles. The van der Waals surface area contributed by atoms with Crippen LogP contribution in [-0.2, 0) is 26.1 Å². The van der Waals surface area contributed by atoms with Gasteiger partial charge in [0.1, 0.15) is 11.4 Å². The number of carbonyl (C=O) groups excluding carboxylic acids is 1. The SMILES string of the molecule is CC(C)(C)OC(=O)C1CCC=c2c1ccc1c2=CCc2ccccc2-1.O=S(=O)(Oc1ccncc1)C(F)(F)F. The van der Waals surface area contributed by atoms with Crippen LogP contribution in [0.4, 0.5) is 13.2 Å². The summed E-state index contributed by atoms with van der Waals surface area (Å²) in [6, 6.07) is 14.9. The van der Waals surface area contributed by atoms with Gasteiger partial charge in [0.15, 0.2) is 0 Å². The third-order valence-electron chi connectivity index (χ3n) is 6.16. The van der Waals surface area contributed by atoms with Gasteiger partial charge < -0.3 is 8.92 Å². The van der Waals surface area contributed by atoms with E-state index in [0.29, 0.717) is 0 Å². The molecule has 1 atom stereocenters. The number of carbonyl (C=O) groups is 1. The lowest BCUT2D eigenvalue weighted by Crippen LogP contribution is -2.38. The molecular weight excluding hydrogens is 531 g/mol. The second-order valence-corrected chi connectivity index (χ2v) is 11.7. The molecule has 2 aliphatic carbocycles. The number of aromatic nitrogens is 1. The molecule has 6 nitrogen and oxygen atoms in total. The van der Waals surface area contributed by atoms with Gasteiger partial charge in [-0.05, 0) is 72.7 Å². The monoisotopic (exact) mass is 559 g/mol. The minimum absolute atomic E-state index is 0.0991. The van der Waals surface area contributed by atoms with Gasteiger partial charge in [-0.3, -0.25) is 9.78 Å². The van der Waals surface area contributed by atoms with Crippen LogP contribution in [0, 0.1) is 0 Å². The van der Waals surface area contributed by atoms with Crippen LogP contribution in [0.25, 0.3) is 23.3 Å². The van der Waals surface area contributed by atoms with Crippen molar-refractivity contribution in [2.24, 2.45) is 0 Å². The normalized spacial score (nSPS) is 16.1. The number of halogens is 3. The van der Waals surface area contributed by atoms with E-state index in [1.54, 1.807) is 0 Å². The summed E-state index contributed by atoms with van der Waals surface area (Å²) in [5.41, 5.74) is -0.782. The molecule has 206 valence electrons. The maximum atomic E-state index is 12.7. The van der Waals surface area contributed by atoms with Crippen molar-refractivity contribution in [3.8, 4) is 16.9 Å². The fourth-order valence-electron chi connectivity index (χ4n) is 4.55. The molecule has 1 unspecified atom stereocenters. The number of rotatable bonds is 3. The van der Waals surface area contributed by atoms with E-state index in [1.165, 1.54) is 27.1 Å². The summed E-state index contributed by atoms with van der Waals surface area (Å²) in [7, 11) is -5.58. The van der Waals surface area contributed by atoms with Crippen molar-refractivity contribution in [1.82, 2.24) is 4.98 Å². The molecule has 2 aliphatic rings. The lowest BCUT2D eigenvalue weighted by atomic mass is 9.82. The number of nitrogens with zero attached hydrogens (tertiary/aromatic N) is 1. The Morgan fingerprint density at radius 3 is 2.28 bits per heavy atom. The summed E-state index contributed by atoms with van der Waals surface area (Å²) >= 11 is 0. The first-order valence-corrected chi connectivity index (χ1v) is 13.7. The number of benzene rings is 2. The van der Waals surface area contributed by atoms with E-state index in [1.807, 2.05) is 20.8 Å². The zero-order valence-electron chi connectivity index (χ0n) is 21.7. The molecule has 5 rings (SSSR count). The van der Waals surface area contributed by atoms with Gasteiger partial charge >= 0.3 is 21.6 Å². The third kappa shape index (κ3) is 6.50. The lowest BCUT2D eigenvalue weighted by Gasteiger charge is -2.27. The van der Waals surface area contributed by atoms with Crippen LogP contribution in [0.1, 0.15) is 50.7 Å². The van der Waals surface area contributed by atoms with Crippen LogP contribution in [0.5, 0.6) is 5.75 Å². The number of hydrogen-bond donors (Lipinski definition) is 0. The lowest BCUT2D eigenvalue weighted by molar-refractivity contribution is -0.157. The smallest absolute Gasteiger partial charge is 0.459 e. The van der Waals surface area contributed by atoms with Crippen LogP contribution < -0.4 is 14.6 Å². The molecule has 10 heteroatoms. The predicted octanol–water partition coefficient (Wildman–Crippen LogP) is 5.00. The van der Waals surface area contributed by atoms with Gasteiger partial charge in [-0.1, -0.05) is 48.6 Å². The topological polar surface area (TPSA) is 82.6 Å². The Kier molecular flexibility index (Phi) is 7.88. The van der Waals surface area contributed by atoms with Crippen LogP contribution >= 0.6 is 0 Å². The fraction of sp³-hybridized carbons (Fsp3) is 0.310. The van der Waals surface area contributed by atoms with E-state index in [0.717, 1.165) is 49.4 Å². The van der Waals surface area contributed by atoms with Crippen molar-refractivity contribution in [1.29, 1.82) is 0 Å². The van der Waals surface area contributed by atoms with E-state index in [9.17, 15) is 26.4 Å². The highest BCUT2D eigenvalue weighted by atomic mass is 32.2. The molecule has 39 heavy (non-hydrogen) atoms. The molecule has 1 aromatic heterocycles. The number of hydrogen-bond acceptors (Lipinski definition) is 6. The summed E-state index contributed by atoms with van der Waals surface area (Å²) in [6.07, 6.45) is 9.52. The van der Waals surface area contributed by atoms with Crippen molar-refractivity contribution in [2.45, 2.75) is 57.1 Å². The fourth-order valence-corrected chi connectivity index (χ4v) is 5.01. The number of pyridine rings is 1. The Bertz CT molecular complexity index is 1590. The average Bonchev–Trinajstić information content (AvgIpc) is 2.87. The van der Waals surface area contributed by atoms with Gasteiger partial charge in [0.05, 0.1) is 5.92 Å². The Balaban J connectivity index is 0.000000215. The Hall–Kier alpha value is -3.66. The predicted molar refractivity (Wildman–Crippen MR) is 141 cm³/mol. The van der Waals surface area contributed by atoms with Crippen molar-refractivity contribution in [2.75, 3.05) is 0 Å². The second-order valence-electron chi connectivity index (χ2n) is 10.1. The van der Waals surface area contributed by atoms with E-state index in [4.69, 9.17) is 4.74 Å².